The summed E-state index contributed by atoms with van der Waals surface area (Å²) in [5.74, 6) is -0.560. The molecule has 0 radical (unpaired) electrons. The van der Waals surface area contributed by atoms with Crippen molar-refractivity contribution in [1.82, 2.24) is 4.90 Å². The van der Waals surface area contributed by atoms with Gasteiger partial charge < -0.3 is 19.5 Å². The molecule has 1 amide bonds. The molecule has 0 bridgehead atoms. The maximum Gasteiger partial charge on any atom is 0.257 e. The van der Waals surface area contributed by atoms with Gasteiger partial charge in [0.15, 0.2) is 0 Å². The number of aliphatic hydroxyl groups excluding tert-OH is 1. The SMILES string of the molecule is COc1ccc(F)cc1C(=O)N(C)[C@@H]1CCCC[C@@H](OC)[C@@H]1O. The van der Waals surface area contributed by atoms with E-state index in [-0.39, 0.29) is 23.6 Å². The summed E-state index contributed by atoms with van der Waals surface area (Å²) in [6, 6.07) is 3.46. The molecule has 1 fully saturated rings. The van der Waals surface area contributed by atoms with Gasteiger partial charge in [0.25, 0.3) is 5.91 Å². The van der Waals surface area contributed by atoms with Gasteiger partial charge in [-0.1, -0.05) is 12.8 Å². The molecule has 0 heterocycles. The minimum Gasteiger partial charge on any atom is -0.496 e. The molecule has 6 heteroatoms. The largest absolute Gasteiger partial charge is 0.496 e. The molecule has 1 aliphatic carbocycles. The van der Waals surface area contributed by atoms with Crippen LogP contribution in [0, 0.1) is 5.82 Å². The number of aliphatic hydroxyl groups is 1. The highest BCUT2D eigenvalue weighted by Gasteiger charge is 2.35. The molecule has 1 N–H and O–H groups in total. The van der Waals surface area contributed by atoms with Gasteiger partial charge in [-0.3, -0.25) is 4.79 Å². The zero-order chi connectivity index (χ0) is 17.0. The highest BCUT2D eigenvalue weighted by Crippen LogP contribution is 2.27. The van der Waals surface area contributed by atoms with Crippen molar-refractivity contribution in [1.29, 1.82) is 0 Å². The summed E-state index contributed by atoms with van der Waals surface area (Å²) in [7, 11) is 4.62. The van der Waals surface area contributed by atoms with E-state index in [1.807, 2.05) is 0 Å². The van der Waals surface area contributed by atoms with E-state index in [2.05, 4.69) is 0 Å². The van der Waals surface area contributed by atoms with Crippen molar-refractivity contribution >= 4 is 5.91 Å². The Balaban J connectivity index is 2.26. The first-order chi connectivity index (χ1) is 11.0. The third-order valence-corrected chi connectivity index (χ3v) is 4.53. The second-order valence-corrected chi connectivity index (χ2v) is 5.88. The number of carbonyl (C=O) groups is 1. The van der Waals surface area contributed by atoms with Gasteiger partial charge in [-0.2, -0.15) is 0 Å². The van der Waals surface area contributed by atoms with Gasteiger partial charge in [0.1, 0.15) is 17.7 Å². The predicted molar refractivity (Wildman–Crippen MR) is 84.1 cm³/mol. The molecular formula is C17H24FNO4. The third kappa shape index (κ3) is 3.82. The fraction of sp³-hybridized carbons (Fsp3) is 0.588. The lowest BCUT2D eigenvalue weighted by Crippen LogP contribution is -2.49. The highest BCUT2D eigenvalue weighted by molar-refractivity contribution is 5.97. The first-order valence-corrected chi connectivity index (χ1v) is 7.81. The molecule has 0 saturated heterocycles. The first-order valence-electron chi connectivity index (χ1n) is 7.81. The summed E-state index contributed by atoms with van der Waals surface area (Å²) in [5.41, 5.74) is 0.153. The lowest BCUT2D eigenvalue weighted by atomic mass is 10.0. The number of hydrogen-bond acceptors (Lipinski definition) is 4. The van der Waals surface area contributed by atoms with Crippen LogP contribution < -0.4 is 4.74 Å². The Morgan fingerprint density at radius 1 is 1.30 bits per heavy atom. The third-order valence-electron chi connectivity index (χ3n) is 4.53. The molecule has 1 aromatic rings. The number of ether oxygens (including phenoxy) is 2. The average molecular weight is 325 g/mol. The second kappa shape index (κ2) is 7.75. The topological polar surface area (TPSA) is 59.0 Å². The maximum atomic E-state index is 13.5. The van der Waals surface area contributed by atoms with Gasteiger partial charge in [0, 0.05) is 14.2 Å². The molecule has 2 rings (SSSR count). The molecule has 0 aliphatic heterocycles. The van der Waals surface area contributed by atoms with E-state index < -0.39 is 11.9 Å². The molecule has 0 unspecified atom stereocenters. The number of likely N-dealkylation sites (N-methyl/N-ethyl adjacent to an activating group) is 1. The van der Waals surface area contributed by atoms with Crippen LogP contribution in [-0.4, -0.2) is 55.4 Å². The summed E-state index contributed by atoms with van der Waals surface area (Å²) in [6.07, 6.45) is 2.22. The van der Waals surface area contributed by atoms with Gasteiger partial charge in [0.05, 0.1) is 24.8 Å². The molecular weight excluding hydrogens is 301 g/mol. The van der Waals surface area contributed by atoms with E-state index >= 15 is 0 Å². The zero-order valence-electron chi connectivity index (χ0n) is 13.8. The van der Waals surface area contributed by atoms with E-state index in [4.69, 9.17) is 9.47 Å². The van der Waals surface area contributed by atoms with Gasteiger partial charge in [-0.05, 0) is 31.0 Å². The molecule has 5 nitrogen and oxygen atoms in total. The molecule has 1 aliphatic rings. The van der Waals surface area contributed by atoms with Gasteiger partial charge in [-0.15, -0.1) is 0 Å². The molecule has 3 atom stereocenters. The van der Waals surface area contributed by atoms with Crippen LogP contribution in [0.15, 0.2) is 18.2 Å². The molecule has 1 aromatic carbocycles. The molecule has 1 saturated carbocycles. The van der Waals surface area contributed by atoms with E-state index in [0.29, 0.717) is 12.2 Å². The molecule has 128 valence electrons. The molecule has 0 aromatic heterocycles. The monoisotopic (exact) mass is 325 g/mol. The van der Waals surface area contributed by atoms with Crippen molar-refractivity contribution in [3.63, 3.8) is 0 Å². The summed E-state index contributed by atoms with van der Waals surface area (Å²) in [4.78, 5) is 14.2. The number of amides is 1. The van der Waals surface area contributed by atoms with Crippen molar-refractivity contribution in [3.8, 4) is 5.75 Å². The van der Waals surface area contributed by atoms with Gasteiger partial charge in [0.2, 0.25) is 0 Å². The van der Waals surface area contributed by atoms with Crippen LogP contribution in [-0.2, 0) is 4.74 Å². The minimum absolute atomic E-state index is 0.153. The van der Waals surface area contributed by atoms with E-state index in [0.717, 1.165) is 25.3 Å². The van der Waals surface area contributed by atoms with Crippen molar-refractivity contribution in [2.45, 2.75) is 43.9 Å². The number of rotatable bonds is 4. The van der Waals surface area contributed by atoms with E-state index in [1.54, 1.807) is 14.2 Å². The van der Waals surface area contributed by atoms with Crippen LogP contribution in [0.2, 0.25) is 0 Å². The minimum atomic E-state index is -0.768. The summed E-state index contributed by atoms with van der Waals surface area (Å²) < 4.78 is 24.0. The number of nitrogens with zero attached hydrogens (tertiary/aromatic N) is 1. The lowest BCUT2D eigenvalue weighted by molar-refractivity contribution is -0.0463. The molecule has 0 spiro atoms. The normalized spacial score (nSPS) is 24.8. The summed E-state index contributed by atoms with van der Waals surface area (Å²) in [6.45, 7) is 0. The van der Waals surface area contributed by atoms with Crippen molar-refractivity contribution < 1.29 is 23.8 Å². The summed E-state index contributed by atoms with van der Waals surface area (Å²) >= 11 is 0. The number of benzene rings is 1. The van der Waals surface area contributed by atoms with Crippen LogP contribution in [0.25, 0.3) is 0 Å². The Labute approximate surface area is 136 Å². The summed E-state index contributed by atoms with van der Waals surface area (Å²) in [5, 5.41) is 10.5. The fourth-order valence-electron chi connectivity index (χ4n) is 3.16. The lowest BCUT2D eigenvalue weighted by Gasteiger charge is -2.33. The van der Waals surface area contributed by atoms with Crippen LogP contribution >= 0.6 is 0 Å². The molecule has 23 heavy (non-hydrogen) atoms. The highest BCUT2D eigenvalue weighted by atomic mass is 19.1. The number of halogens is 1. The fourth-order valence-corrected chi connectivity index (χ4v) is 3.16. The zero-order valence-corrected chi connectivity index (χ0v) is 13.8. The first kappa shape index (κ1) is 17.7. The predicted octanol–water partition coefficient (Wildman–Crippen LogP) is 2.22. The van der Waals surface area contributed by atoms with Crippen molar-refractivity contribution in [2.24, 2.45) is 0 Å². The second-order valence-electron chi connectivity index (χ2n) is 5.88. The van der Waals surface area contributed by atoms with E-state index in [9.17, 15) is 14.3 Å². The van der Waals surface area contributed by atoms with Crippen molar-refractivity contribution in [2.75, 3.05) is 21.3 Å². The standard InChI is InChI=1S/C17H24FNO4/c1-19(13-6-4-5-7-15(23-3)16(13)20)17(21)12-10-11(18)8-9-14(12)22-2/h8-10,13,15-16,20H,4-7H2,1-3H3/t13-,15-,16-/m1/s1. The number of carbonyl (C=O) groups excluding carboxylic acids is 1. The van der Waals surface area contributed by atoms with Crippen LogP contribution in [0.1, 0.15) is 36.0 Å². The van der Waals surface area contributed by atoms with Crippen LogP contribution in [0.3, 0.4) is 0 Å². The van der Waals surface area contributed by atoms with E-state index in [1.165, 1.54) is 24.1 Å². The van der Waals surface area contributed by atoms with Crippen LogP contribution in [0.5, 0.6) is 5.75 Å². The van der Waals surface area contributed by atoms with Gasteiger partial charge >= 0.3 is 0 Å². The Morgan fingerprint density at radius 3 is 2.65 bits per heavy atom. The van der Waals surface area contributed by atoms with Gasteiger partial charge in [-0.25, -0.2) is 4.39 Å². The maximum absolute atomic E-state index is 13.5. The Bertz CT molecular complexity index is 551. The number of hydrogen-bond donors (Lipinski definition) is 1. The average Bonchev–Trinajstić information content (AvgIpc) is 2.74. The Hall–Kier alpha value is -1.66. The quantitative estimate of drug-likeness (QED) is 0.863. The smallest absolute Gasteiger partial charge is 0.257 e. The number of methoxy groups -OCH3 is 2. The Kier molecular flexibility index (Phi) is 5.96. The van der Waals surface area contributed by atoms with Crippen LogP contribution in [0.4, 0.5) is 4.39 Å². The Morgan fingerprint density at radius 2 is 2.00 bits per heavy atom. The van der Waals surface area contributed by atoms with Crippen molar-refractivity contribution in [3.05, 3.63) is 29.6 Å².